The average molecular weight is 234 g/mol. The Labute approximate surface area is 99.3 Å². The molecule has 0 heterocycles. The van der Waals surface area contributed by atoms with E-state index in [-0.39, 0.29) is 12.6 Å². The lowest BCUT2D eigenvalue weighted by atomic mass is 10.4. The number of aliphatic hydroxyl groups is 1. The fraction of sp³-hybridized carbons (Fsp3) is 0.750. The first kappa shape index (κ1) is 20.5. The third kappa shape index (κ3) is 51.4. The molecule has 0 fully saturated rings. The van der Waals surface area contributed by atoms with Crippen LogP contribution in [0.2, 0.25) is 0 Å². The van der Waals surface area contributed by atoms with Crippen LogP contribution in [0.25, 0.3) is 0 Å². The van der Waals surface area contributed by atoms with Gasteiger partial charge in [-0.3, -0.25) is 4.79 Å². The lowest BCUT2D eigenvalue weighted by molar-refractivity contribution is -0.141. The van der Waals surface area contributed by atoms with E-state index in [9.17, 15) is 4.79 Å². The predicted octanol–water partition coefficient (Wildman–Crippen LogP) is 2.17. The molecule has 16 heavy (non-hydrogen) atoms. The highest BCUT2D eigenvalue weighted by molar-refractivity contribution is 5.65. The third-order valence-corrected chi connectivity index (χ3v) is 1.10. The molecule has 0 spiro atoms. The summed E-state index contributed by atoms with van der Waals surface area (Å²) >= 11 is 0. The van der Waals surface area contributed by atoms with Crippen LogP contribution in [-0.4, -0.2) is 38.0 Å². The van der Waals surface area contributed by atoms with Crippen molar-refractivity contribution in [3.63, 3.8) is 0 Å². The van der Waals surface area contributed by atoms with E-state index >= 15 is 0 Å². The van der Waals surface area contributed by atoms with Crippen LogP contribution in [-0.2, 0) is 14.3 Å². The number of methoxy groups -OCH3 is 1. The molecule has 0 rings (SSSR count). The third-order valence-electron chi connectivity index (χ3n) is 1.10. The van der Waals surface area contributed by atoms with Crippen LogP contribution in [0.1, 0.15) is 33.6 Å². The molecule has 4 nitrogen and oxygen atoms in total. The highest BCUT2D eigenvalue weighted by atomic mass is 16.5. The van der Waals surface area contributed by atoms with E-state index in [1.54, 1.807) is 13.2 Å². The number of carbonyl (C=O) groups is 1. The zero-order chi connectivity index (χ0) is 13.2. The molecule has 0 aromatic rings. The molecule has 0 radical (unpaired) electrons. The Bertz CT molecular complexity index is 133. The number of allylic oxidation sites excluding steroid dienone is 1. The summed E-state index contributed by atoms with van der Waals surface area (Å²) in [5, 5.41) is 7.94. The van der Waals surface area contributed by atoms with Crippen LogP contribution < -0.4 is 0 Å². The van der Waals surface area contributed by atoms with Gasteiger partial charge in [0, 0.05) is 14.0 Å². The normalized spacial score (nSPS) is 7.81. The Kier molecular flexibility index (Phi) is 30.5. The highest BCUT2D eigenvalue weighted by Crippen LogP contribution is 1.86. The summed E-state index contributed by atoms with van der Waals surface area (Å²) in [6.45, 7) is 9.88. The molecule has 1 N–H and O–H groups in total. The molecular weight excluding hydrogens is 208 g/mol. The standard InChI is InChI=1S/C6H12O2.C3H8O2.C3H6/c1-3-4-5-8-6(2)7;1-5-3-2-4;1-3-2/h3-5H2,1-2H3;4H,2-3H2,1H3;3H,1H2,2H3. The Morgan fingerprint density at radius 3 is 2.12 bits per heavy atom. The first-order valence-corrected chi connectivity index (χ1v) is 5.40. The maximum atomic E-state index is 10.1. The minimum atomic E-state index is -0.182. The molecule has 0 bridgehead atoms. The maximum absolute atomic E-state index is 10.1. The van der Waals surface area contributed by atoms with Gasteiger partial charge in [0.2, 0.25) is 0 Å². The van der Waals surface area contributed by atoms with Gasteiger partial charge < -0.3 is 14.6 Å². The molecule has 0 aromatic carbocycles. The number of unbranched alkanes of at least 4 members (excludes halogenated alkanes) is 1. The zero-order valence-corrected chi connectivity index (χ0v) is 11.0. The van der Waals surface area contributed by atoms with Crippen LogP contribution in [0.15, 0.2) is 12.7 Å². The summed E-state index contributed by atoms with van der Waals surface area (Å²) in [7, 11) is 1.55. The van der Waals surface area contributed by atoms with Crippen molar-refractivity contribution < 1.29 is 19.4 Å². The molecule has 0 amide bonds. The molecule has 98 valence electrons. The summed E-state index contributed by atoms with van der Waals surface area (Å²) in [6.07, 6.45) is 3.80. The molecule has 4 heteroatoms. The molecule has 0 aliphatic rings. The lowest BCUT2D eigenvalue weighted by Gasteiger charge is -1.96. The molecule has 0 aliphatic carbocycles. The largest absolute Gasteiger partial charge is 0.466 e. The Balaban J connectivity index is -0.000000181. The summed E-state index contributed by atoms with van der Waals surface area (Å²) in [4.78, 5) is 10.1. The van der Waals surface area contributed by atoms with E-state index in [0.717, 1.165) is 12.8 Å². The number of esters is 1. The number of carbonyl (C=O) groups excluding carboxylic acids is 1. The predicted molar refractivity (Wildman–Crippen MR) is 66.4 cm³/mol. The van der Waals surface area contributed by atoms with Crippen molar-refractivity contribution in [2.24, 2.45) is 0 Å². The fourth-order valence-corrected chi connectivity index (χ4v) is 0.452. The van der Waals surface area contributed by atoms with Gasteiger partial charge in [0.25, 0.3) is 0 Å². The minimum absolute atomic E-state index is 0.122. The Morgan fingerprint density at radius 1 is 1.44 bits per heavy atom. The van der Waals surface area contributed by atoms with Gasteiger partial charge in [-0.2, -0.15) is 0 Å². The SMILES string of the molecule is C=CC.CCCCOC(C)=O.COCCO. The van der Waals surface area contributed by atoms with E-state index < -0.39 is 0 Å². The van der Waals surface area contributed by atoms with Crippen LogP contribution in [0.5, 0.6) is 0 Å². The zero-order valence-electron chi connectivity index (χ0n) is 11.0. The Hall–Kier alpha value is -0.870. The maximum Gasteiger partial charge on any atom is 0.302 e. The number of ether oxygens (including phenoxy) is 2. The topological polar surface area (TPSA) is 55.8 Å². The van der Waals surface area contributed by atoms with Gasteiger partial charge >= 0.3 is 5.97 Å². The number of rotatable bonds is 5. The molecule has 0 atom stereocenters. The molecule has 0 aromatic heterocycles. The van der Waals surface area contributed by atoms with Crippen LogP contribution in [0.4, 0.5) is 0 Å². The average Bonchev–Trinajstić information content (AvgIpc) is 2.21. The highest BCUT2D eigenvalue weighted by Gasteiger charge is 1.88. The van der Waals surface area contributed by atoms with Crippen molar-refractivity contribution in [2.75, 3.05) is 26.9 Å². The van der Waals surface area contributed by atoms with Gasteiger partial charge in [-0.05, 0) is 13.3 Å². The van der Waals surface area contributed by atoms with Gasteiger partial charge in [0.1, 0.15) is 0 Å². The van der Waals surface area contributed by atoms with Crippen molar-refractivity contribution in [1.82, 2.24) is 0 Å². The first-order valence-electron chi connectivity index (χ1n) is 5.40. The molecule has 0 unspecified atom stereocenters. The van der Waals surface area contributed by atoms with Gasteiger partial charge in [-0.1, -0.05) is 19.4 Å². The molecule has 0 aliphatic heterocycles. The quantitative estimate of drug-likeness (QED) is 0.450. The second-order valence-corrected chi connectivity index (χ2v) is 2.82. The first-order chi connectivity index (χ1) is 7.60. The second kappa shape index (κ2) is 23.7. The van der Waals surface area contributed by atoms with E-state index in [4.69, 9.17) is 5.11 Å². The van der Waals surface area contributed by atoms with Crippen molar-refractivity contribution in [3.05, 3.63) is 12.7 Å². The van der Waals surface area contributed by atoms with Gasteiger partial charge in [-0.15, -0.1) is 6.58 Å². The van der Waals surface area contributed by atoms with Crippen LogP contribution in [0, 0.1) is 0 Å². The number of aliphatic hydroxyl groups excluding tert-OH is 1. The number of hydrogen-bond donors (Lipinski definition) is 1. The molecule has 0 saturated carbocycles. The Morgan fingerprint density at radius 2 is 1.94 bits per heavy atom. The summed E-state index contributed by atoms with van der Waals surface area (Å²) in [5.74, 6) is -0.182. The lowest BCUT2D eigenvalue weighted by Crippen LogP contribution is -1.99. The summed E-state index contributed by atoms with van der Waals surface area (Å²) in [6, 6.07) is 0. The molecular formula is C12H26O4. The summed E-state index contributed by atoms with van der Waals surface area (Å²) < 4.78 is 9.08. The van der Waals surface area contributed by atoms with Crippen LogP contribution >= 0.6 is 0 Å². The summed E-state index contributed by atoms with van der Waals surface area (Å²) in [5.41, 5.74) is 0. The van der Waals surface area contributed by atoms with Gasteiger partial charge in [0.15, 0.2) is 0 Å². The van der Waals surface area contributed by atoms with Crippen molar-refractivity contribution >= 4 is 5.97 Å². The van der Waals surface area contributed by atoms with E-state index in [1.807, 2.05) is 6.92 Å². The van der Waals surface area contributed by atoms with E-state index in [1.165, 1.54) is 6.92 Å². The van der Waals surface area contributed by atoms with Crippen LogP contribution in [0.3, 0.4) is 0 Å². The number of hydrogen-bond acceptors (Lipinski definition) is 4. The van der Waals surface area contributed by atoms with Gasteiger partial charge in [-0.25, -0.2) is 0 Å². The van der Waals surface area contributed by atoms with E-state index in [2.05, 4.69) is 23.0 Å². The fourth-order valence-electron chi connectivity index (χ4n) is 0.452. The smallest absolute Gasteiger partial charge is 0.302 e. The van der Waals surface area contributed by atoms with Gasteiger partial charge in [0.05, 0.1) is 19.8 Å². The monoisotopic (exact) mass is 234 g/mol. The van der Waals surface area contributed by atoms with E-state index in [0.29, 0.717) is 13.2 Å². The van der Waals surface area contributed by atoms with Crippen molar-refractivity contribution in [1.29, 1.82) is 0 Å². The van der Waals surface area contributed by atoms with Crippen molar-refractivity contribution in [3.8, 4) is 0 Å². The second-order valence-electron chi connectivity index (χ2n) is 2.82. The molecule has 0 saturated heterocycles. The van der Waals surface area contributed by atoms with Crippen molar-refractivity contribution in [2.45, 2.75) is 33.6 Å². The minimum Gasteiger partial charge on any atom is -0.466 e.